The Hall–Kier alpha value is -0.900. The van der Waals surface area contributed by atoms with Crippen LogP contribution in [0, 0.1) is 0 Å². The van der Waals surface area contributed by atoms with Crippen LogP contribution in [0.1, 0.15) is 12.2 Å². The summed E-state index contributed by atoms with van der Waals surface area (Å²) in [5.41, 5.74) is 5.72. The Morgan fingerprint density at radius 2 is 2.60 bits per heavy atom. The predicted molar refractivity (Wildman–Crippen MR) is 36.3 cm³/mol. The monoisotopic (exact) mass is 138 g/mol. The van der Waals surface area contributed by atoms with Crippen molar-refractivity contribution in [1.82, 2.24) is 14.8 Å². The lowest BCUT2D eigenvalue weighted by Gasteiger charge is -2.17. The number of fused-ring (bicyclic) bond motifs is 1. The van der Waals surface area contributed by atoms with Crippen LogP contribution in [0.3, 0.4) is 0 Å². The number of nitrogens with zero attached hydrogens (tertiary/aromatic N) is 3. The number of hydrogen-bond donors (Lipinski definition) is 1. The van der Waals surface area contributed by atoms with E-state index >= 15 is 0 Å². The minimum atomic E-state index is 0.272. The van der Waals surface area contributed by atoms with Crippen LogP contribution in [-0.2, 0) is 13.0 Å². The molecule has 1 aliphatic rings. The summed E-state index contributed by atoms with van der Waals surface area (Å²) in [5.74, 6) is 1.07. The van der Waals surface area contributed by atoms with Gasteiger partial charge in [0.2, 0.25) is 0 Å². The lowest BCUT2D eigenvalue weighted by Crippen LogP contribution is -2.32. The van der Waals surface area contributed by atoms with E-state index in [0.717, 1.165) is 25.2 Å². The van der Waals surface area contributed by atoms with Crippen molar-refractivity contribution in [2.75, 3.05) is 0 Å². The third-order valence-electron chi connectivity index (χ3n) is 1.84. The Kier molecular flexibility index (Phi) is 1.20. The van der Waals surface area contributed by atoms with Gasteiger partial charge in [-0.1, -0.05) is 0 Å². The van der Waals surface area contributed by atoms with Crippen molar-refractivity contribution in [3.05, 3.63) is 12.2 Å². The number of rotatable bonds is 0. The van der Waals surface area contributed by atoms with Gasteiger partial charge >= 0.3 is 0 Å². The van der Waals surface area contributed by atoms with E-state index in [1.807, 2.05) is 4.68 Å². The molecule has 0 bridgehead atoms. The van der Waals surface area contributed by atoms with Gasteiger partial charge in [0.15, 0.2) is 0 Å². The third-order valence-corrected chi connectivity index (χ3v) is 1.84. The number of nitrogens with two attached hydrogens (primary N) is 1. The zero-order valence-corrected chi connectivity index (χ0v) is 5.70. The maximum absolute atomic E-state index is 5.72. The van der Waals surface area contributed by atoms with Gasteiger partial charge < -0.3 is 5.73 Å². The van der Waals surface area contributed by atoms with Gasteiger partial charge in [-0.25, -0.2) is 9.67 Å². The fourth-order valence-corrected chi connectivity index (χ4v) is 1.26. The first-order valence-corrected chi connectivity index (χ1v) is 3.48. The minimum absolute atomic E-state index is 0.272. The predicted octanol–water partition coefficient (Wildman–Crippen LogP) is -0.448. The summed E-state index contributed by atoms with van der Waals surface area (Å²) in [6.07, 6.45) is 3.60. The fraction of sp³-hybridized carbons (Fsp3) is 0.667. The molecule has 0 unspecified atom stereocenters. The van der Waals surface area contributed by atoms with Crippen LogP contribution >= 0.6 is 0 Å². The Labute approximate surface area is 59.1 Å². The molecule has 2 rings (SSSR count). The SMILES string of the molecule is N[C@@H]1CCc2ncnn2C1. The van der Waals surface area contributed by atoms with Crippen LogP contribution in [0.25, 0.3) is 0 Å². The standard InChI is InChI=1S/C6H10N4/c7-5-1-2-6-8-4-9-10(6)3-5/h4-5H,1-3,7H2/t5-/m1/s1. The van der Waals surface area contributed by atoms with E-state index in [-0.39, 0.29) is 6.04 Å². The molecule has 4 nitrogen and oxygen atoms in total. The molecule has 0 radical (unpaired) electrons. The van der Waals surface area contributed by atoms with E-state index in [0.29, 0.717) is 0 Å². The second-order valence-corrected chi connectivity index (χ2v) is 2.66. The van der Waals surface area contributed by atoms with Crippen LogP contribution in [0.15, 0.2) is 6.33 Å². The quantitative estimate of drug-likeness (QED) is 0.528. The Morgan fingerprint density at radius 1 is 1.70 bits per heavy atom. The van der Waals surface area contributed by atoms with Crippen LogP contribution in [0.5, 0.6) is 0 Å². The first-order valence-electron chi connectivity index (χ1n) is 3.48. The van der Waals surface area contributed by atoms with E-state index in [4.69, 9.17) is 5.73 Å². The lowest BCUT2D eigenvalue weighted by atomic mass is 10.1. The molecule has 1 aliphatic heterocycles. The molecule has 0 aliphatic carbocycles. The number of hydrogen-bond acceptors (Lipinski definition) is 3. The molecular formula is C6H10N4. The zero-order valence-electron chi connectivity index (χ0n) is 5.70. The largest absolute Gasteiger partial charge is 0.326 e. The molecule has 0 aromatic carbocycles. The first-order chi connectivity index (χ1) is 4.86. The summed E-state index contributed by atoms with van der Waals surface area (Å²) in [7, 11) is 0. The average molecular weight is 138 g/mol. The summed E-state index contributed by atoms with van der Waals surface area (Å²) >= 11 is 0. The number of aromatic nitrogens is 3. The molecule has 0 fully saturated rings. The molecule has 0 spiro atoms. The molecule has 54 valence electrons. The molecule has 0 amide bonds. The summed E-state index contributed by atoms with van der Waals surface area (Å²) in [6.45, 7) is 0.829. The van der Waals surface area contributed by atoms with E-state index in [1.54, 1.807) is 6.33 Å². The van der Waals surface area contributed by atoms with Crippen molar-refractivity contribution >= 4 is 0 Å². The van der Waals surface area contributed by atoms with Crippen molar-refractivity contribution in [3.63, 3.8) is 0 Å². The van der Waals surface area contributed by atoms with Gasteiger partial charge in [0.25, 0.3) is 0 Å². The molecular weight excluding hydrogens is 128 g/mol. The summed E-state index contributed by atoms with van der Waals surface area (Å²) in [6, 6.07) is 0.272. The lowest BCUT2D eigenvalue weighted by molar-refractivity contribution is 0.422. The Morgan fingerprint density at radius 3 is 3.50 bits per heavy atom. The summed E-state index contributed by atoms with van der Waals surface area (Å²) in [5, 5.41) is 4.03. The highest BCUT2D eigenvalue weighted by atomic mass is 15.3. The van der Waals surface area contributed by atoms with E-state index in [1.165, 1.54) is 0 Å². The first kappa shape index (κ1) is 5.85. The highest BCUT2D eigenvalue weighted by Crippen LogP contribution is 2.08. The topological polar surface area (TPSA) is 56.7 Å². The van der Waals surface area contributed by atoms with Gasteiger partial charge in [0, 0.05) is 12.5 Å². The van der Waals surface area contributed by atoms with Gasteiger partial charge in [0.1, 0.15) is 12.2 Å². The van der Waals surface area contributed by atoms with Gasteiger partial charge in [-0.2, -0.15) is 5.10 Å². The van der Waals surface area contributed by atoms with Crippen LogP contribution in [-0.4, -0.2) is 20.8 Å². The molecule has 10 heavy (non-hydrogen) atoms. The van der Waals surface area contributed by atoms with Crippen molar-refractivity contribution in [1.29, 1.82) is 0 Å². The fourth-order valence-electron chi connectivity index (χ4n) is 1.26. The molecule has 1 aromatic rings. The molecule has 0 saturated carbocycles. The maximum Gasteiger partial charge on any atom is 0.138 e. The Balaban J connectivity index is 2.30. The van der Waals surface area contributed by atoms with Gasteiger partial charge in [-0.05, 0) is 6.42 Å². The highest BCUT2D eigenvalue weighted by molar-refractivity contribution is 4.90. The summed E-state index contributed by atoms with van der Waals surface area (Å²) in [4.78, 5) is 4.09. The normalized spacial score (nSPS) is 24.3. The van der Waals surface area contributed by atoms with E-state index < -0.39 is 0 Å². The third kappa shape index (κ3) is 0.806. The molecule has 2 N–H and O–H groups in total. The Bertz CT molecular complexity index is 229. The van der Waals surface area contributed by atoms with Crippen molar-refractivity contribution in [2.24, 2.45) is 5.73 Å². The van der Waals surface area contributed by atoms with E-state index in [2.05, 4.69) is 10.1 Å². The van der Waals surface area contributed by atoms with Crippen molar-refractivity contribution in [2.45, 2.75) is 25.4 Å². The van der Waals surface area contributed by atoms with Crippen LogP contribution < -0.4 is 5.73 Å². The maximum atomic E-state index is 5.72. The molecule has 1 atom stereocenters. The van der Waals surface area contributed by atoms with E-state index in [9.17, 15) is 0 Å². The molecule has 2 heterocycles. The van der Waals surface area contributed by atoms with Crippen molar-refractivity contribution < 1.29 is 0 Å². The highest BCUT2D eigenvalue weighted by Gasteiger charge is 2.15. The van der Waals surface area contributed by atoms with Crippen LogP contribution in [0.4, 0.5) is 0 Å². The second-order valence-electron chi connectivity index (χ2n) is 2.66. The average Bonchev–Trinajstić information content (AvgIpc) is 2.33. The van der Waals surface area contributed by atoms with Gasteiger partial charge in [-0.3, -0.25) is 0 Å². The molecule has 4 heteroatoms. The second kappa shape index (κ2) is 2.05. The van der Waals surface area contributed by atoms with Crippen molar-refractivity contribution in [3.8, 4) is 0 Å². The van der Waals surface area contributed by atoms with Gasteiger partial charge in [-0.15, -0.1) is 0 Å². The zero-order chi connectivity index (χ0) is 6.97. The van der Waals surface area contributed by atoms with Crippen LogP contribution in [0.2, 0.25) is 0 Å². The summed E-state index contributed by atoms with van der Waals surface area (Å²) < 4.78 is 1.88. The molecule has 1 aromatic heterocycles. The molecule has 0 saturated heterocycles. The van der Waals surface area contributed by atoms with Gasteiger partial charge in [0.05, 0.1) is 6.54 Å². The smallest absolute Gasteiger partial charge is 0.138 e. The minimum Gasteiger partial charge on any atom is -0.326 e. The number of aryl methyl sites for hydroxylation is 1.